The molecule has 1 fully saturated rings. The third kappa shape index (κ3) is 4.34. The number of aryl methyl sites for hydroxylation is 2. The fourth-order valence-corrected chi connectivity index (χ4v) is 5.36. The molecule has 1 aromatic carbocycles. The zero-order valence-electron chi connectivity index (χ0n) is 15.5. The molecule has 0 bridgehead atoms. The van der Waals surface area contributed by atoms with Gasteiger partial charge >= 0.3 is 6.01 Å². The molecule has 0 aliphatic carbocycles. The molecule has 146 valence electrons. The quantitative estimate of drug-likeness (QED) is 0.703. The summed E-state index contributed by atoms with van der Waals surface area (Å²) in [7, 11) is -2.09. The number of ether oxygens (including phenoxy) is 2. The van der Waals surface area contributed by atoms with Gasteiger partial charge in [0.15, 0.2) is 0 Å². The first kappa shape index (κ1) is 19.9. The molecular weight excluding hydrogens is 390 g/mol. The Bertz CT molecular complexity index is 913. The largest absolute Gasteiger partial charge is 0.497 e. The maximum atomic E-state index is 13.3. The second kappa shape index (κ2) is 8.00. The smallest absolute Gasteiger partial charge is 0.318 e. The Hall–Kier alpha value is -1.90. The van der Waals surface area contributed by atoms with Crippen molar-refractivity contribution >= 4 is 21.6 Å². The average Bonchev–Trinajstić information content (AvgIpc) is 2.61. The standard InChI is InChI=1S/C18H22ClN3O4S/c1-12-9-15(25-3)10-13(2)17(12)27(23,24)22-8-4-5-14(11-22)26-18-20-7-6-16(19)21-18/h6-7,9-10,14H,4-5,8,11H2,1-3H3. The Kier molecular flexibility index (Phi) is 5.88. The van der Waals surface area contributed by atoms with Crippen LogP contribution in [0.1, 0.15) is 24.0 Å². The van der Waals surface area contributed by atoms with Gasteiger partial charge in [0.1, 0.15) is 17.0 Å². The van der Waals surface area contributed by atoms with Crippen LogP contribution in [0.4, 0.5) is 0 Å². The number of hydrogen-bond acceptors (Lipinski definition) is 6. The lowest BCUT2D eigenvalue weighted by Crippen LogP contribution is -2.44. The molecule has 9 heteroatoms. The molecule has 0 spiro atoms. The fourth-order valence-electron chi connectivity index (χ4n) is 3.31. The Morgan fingerprint density at radius 2 is 1.96 bits per heavy atom. The minimum atomic E-state index is -3.65. The average molecular weight is 412 g/mol. The van der Waals surface area contributed by atoms with Gasteiger partial charge in [-0.15, -0.1) is 0 Å². The summed E-state index contributed by atoms with van der Waals surface area (Å²) in [6.45, 7) is 4.24. The zero-order valence-corrected chi connectivity index (χ0v) is 17.0. The van der Waals surface area contributed by atoms with Gasteiger partial charge in [-0.3, -0.25) is 0 Å². The molecule has 1 aromatic heterocycles. The summed E-state index contributed by atoms with van der Waals surface area (Å²) < 4.78 is 39.0. The van der Waals surface area contributed by atoms with E-state index in [1.807, 2.05) is 0 Å². The molecule has 2 heterocycles. The predicted molar refractivity (Wildman–Crippen MR) is 102 cm³/mol. The Labute approximate surface area is 164 Å². The molecule has 2 aromatic rings. The summed E-state index contributed by atoms with van der Waals surface area (Å²) in [5, 5.41) is 0.282. The van der Waals surface area contributed by atoms with Gasteiger partial charge in [-0.05, 0) is 56.0 Å². The minimum absolute atomic E-state index is 0.156. The number of aromatic nitrogens is 2. The van der Waals surface area contributed by atoms with Crippen molar-refractivity contribution in [3.05, 3.63) is 40.7 Å². The molecule has 1 saturated heterocycles. The van der Waals surface area contributed by atoms with Crippen molar-refractivity contribution < 1.29 is 17.9 Å². The minimum Gasteiger partial charge on any atom is -0.497 e. The number of benzene rings is 1. The van der Waals surface area contributed by atoms with E-state index in [4.69, 9.17) is 21.1 Å². The van der Waals surface area contributed by atoms with Gasteiger partial charge < -0.3 is 9.47 Å². The van der Waals surface area contributed by atoms with Gasteiger partial charge in [0.05, 0.1) is 18.6 Å². The van der Waals surface area contributed by atoms with E-state index < -0.39 is 10.0 Å². The Balaban J connectivity index is 1.83. The molecule has 1 aliphatic heterocycles. The normalized spacial score (nSPS) is 18.3. The first-order chi connectivity index (χ1) is 12.8. The summed E-state index contributed by atoms with van der Waals surface area (Å²) in [4.78, 5) is 8.36. The van der Waals surface area contributed by atoms with Gasteiger partial charge in [-0.25, -0.2) is 13.4 Å². The van der Waals surface area contributed by atoms with Crippen LogP contribution in [0.5, 0.6) is 11.8 Å². The molecule has 1 unspecified atom stereocenters. The summed E-state index contributed by atoms with van der Waals surface area (Å²) >= 11 is 5.86. The molecule has 0 radical (unpaired) electrons. The van der Waals surface area contributed by atoms with Crippen LogP contribution < -0.4 is 9.47 Å². The molecule has 0 N–H and O–H groups in total. The molecule has 0 amide bonds. The van der Waals surface area contributed by atoms with Crippen LogP contribution >= 0.6 is 11.6 Å². The van der Waals surface area contributed by atoms with Crippen LogP contribution in [0, 0.1) is 13.8 Å². The molecule has 3 rings (SSSR count). The van der Waals surface area contributed by atoms with Crippen molar-refractivity contribution in [2.75, 3.05) is 20.2 Å². The van der Waals surface area contributed by atoms with Crippen LogP contribution in [0.3, 0.4) is 0 Å². The van der Waals surface area contributed by atoms with E-state index in [1.54, 1.807) is 39.2 Å². The lowest BCUT2D eigenvalue weighted by atomic mass is 10.1. The van der Waals surface area contributed by atoms with E-state index in [-0.39, 0.29) is 23.8 Å². The highest BCUT2D eigenvalue weighted by Crippen LogP contribution is 2.30. The van der Waals surface area contributed by atoms with Crippen molar-refractivity contribution in [1.29, 1.82) is 0 Å². The summed E-state index contributed by atoms with van der Waals surface area (Å²) in [5.74, 6) is 0.641. The van der Waals surface area contributed by atoms with E-state index in [2.05, 4.69) is 9.97 Å². The first-order valence-electron chi connectivity index (χ1n) is 8.62. The molecular formula is C18H22ClN3O4S. The maximum Gasteiger partial charge on any atom is 0.318 e. The third-order valence-electron chi connectivity index (χ3n) is 4.48. The monoisotopic (exact) mass is 411 g/mol. The first-order valence-corrected chi connectivity index (χ1v) is 10.4. The highest BCUT2D eigenvalue weighted by Gasteiger charge is 2.33. The molecule has 1 aliphatic rings. The van der Waals surface area contributed by atoms with E-state index in [0.29, 0.717) is 34.7 Å². The zero-order chi connectivity index (χ0) is 19.6. The number of rotatable bonds is 5. The van der Waals surface area contributed by atoms with Crippen LogP contribution in [0.15, 0.2) is 29.3 Å². The summed E-state index contributed by atoms with van der Waals surface area (Å²) in [6, 6.07) is 5.18. The van der Waals surface area contributed by atoms with Crippen molar-refractivity contribution in [1.82, 2.24) is 14.3 Å². The van der Waals surface area contributed by atoms with Crippen LogP contribution in [0.2, 0.25) is 5.15 Å². The van der Waals surface area contributed by atoms with Crippen molar-refractivity contribution in [3.8, 4) is 11.8 Å². The van der Waals surface area contributed by atoms with Crippen LogP contribution in [-0.4, -0.2) is 49.0 Å². The van der Waals surface area contributed by atoms with Gasteiger partial charge in [0.25, 0.3) is 0 Å². The number of hydrogen-bond donors (Lipinski definition) is 0. The number of piperidine rings is 1. The van der Waals surface area contributed by atoms with Crippen molar-refractivity contribution in [3.63, 3.8) is 0 Å². The predicted octanol–water partition coefficient (Wildman–Crippen LogP) is 2.99. The lowest BCUT2D eigenvalue weighted by molar-refractivity contribution is 0.119. The summed E-state index contributed by atoms with van der Waals surface area (Å²) in [6.07, 6.45) is 2.60. The highest BCUT2D eigenvalue weighted by molar-refractivity contribution is 7.89. The van der Waals surface area contributed by atoms with Crippen molar-refractivity contribution in [2.24, 2.45) is 0 Å². The van der Waals surface area contributed by atoms with Gasteiger partial charge in [0.2, 0.25) is 10.0 Å². The van der Waals surface area contributed by atoms with Gasteiger partial charge in [-0.2, -0.15) is 9.29 Å². The fraction of sp³-hybridized carbons (Fsp3) is 0.444. The second-order valence-electron chi connectivity index (χ2n) is 6.50. The highest BCUT2D eigenvalue weighted by atomic mass is 35.5. The summed E-state index contributed by atoms with van der Waals surface area (Å²) in [5.41, 5.74) is 1.32. The molecule has 1 atom stereocenters. The molecule has 27 heavy (non-hydrogen) atoms. The van der Waals surface area contributed by atoms with Crippen molar-refractivity contribution in [2.45, 2.75) is 37.7 Å². The topological polar surface area (TPSA) is 81.6 Å². The van der Waals surface area contributed by atoms with Gasteiger partial charge in [0, 0.05) is 12.7 Å². The maximum absolute atomic E-state index is 13.3. The van der Waals surface area contributed by atoms with Gasteiger partial charge in [-0.1, -0.05) is 11.6 Å². The molecule has 0 saturated carbocycles. The van der Waals surface area contributed by atoms with E-state index in [0.717, 1.165) is 6.42 Å². The lowest BCUT2D eigenvalue weighted by Gasteiger charge is -2.32. The Morgan fingerprint density at radius 3 is 2.59 bits per heavy atom. The van der Waals surface area contributed by atoms with E-state index >= 15 is 0 Å². The number of halogens is 1. The van der Waals surface area contributed by atoms with Crippen LogP contribution in [-0.2, 0) is 10.0 Å². The SMILES string of the molecule is COc1cc(C)c(S(=O)(=O)N2CCCC(Oc3nccc(Cl)n3)C2)c(C)c1. The Morgan fingerprint density at radius 1 is 1.26 bits per heavy atom. The van der Waals surface area contributed by atoms with E-state index in [9.17, 15) is 8.42 Å². The molecule has 7 nitrogen and oxygen atoms in total. The number of sulfonamides is 1. The van der Waals surface area contributed by atoms with E-state index in [1.165, 1.54) is 10.5 Å². The second-order valence-corrected chi connectivity index (χ2v) is 8.76. The third-order valence-corrected chi connectivity index (χ3v) is 6.86. The number of nitrogens with zero attached hydrogens (tertiary/aromatic N) is 3. The number of methoxy groups -OCH3 is 1. The van der Waals surface area contributed by atoms with Crippen LogP contribution in [0.25, 0.3) is 0 Å².